The van der Waals surface area contributed by atoms with Gasteiger partial charge < -0.3 is 19.2 Å². The lowest BCUT2D eigenvalue weighted by molar-refractivity contribution is -0.0950. The highest BCUT2D eigenvalue weighted by Gasteiger charge is 2.35. The second-order valence-electron chi connectivity index (χ2n) is 7.42. The van der Waals surface area contributed by atoms with E-state index in [4.69, 9.17) is 14.2 Å². The largest absolute Gasteiger partial charge is 0.486 e. The van der Waals surface area contributed by atoms with Crippen molar-refractivity contribution in [1.29, 1.82) is 0 Å². The van der Waals surface area contributed by atoms with Gasteiger partial charge in [0.05, 0.1) is 5.60 Å². The van der Waals surface area contributed by atoms with E-state index in [1.165, 1.54) is 18.2 Å². The lowest BCUT2D eigenvalue weighted by Crippen LogP contribution is -2.35. The van der Waals surface area contributed by atoms with Crippen molar-refractivity contribution < 1.29 is 18.6 Å². The number of fused-ring (bicyclic) bond motifs is 1. The molecule has 1 unspecified atom stereocenters. The average molecular weight is 397 g/mol. The second-order valence-corrected chi connectivity index (χ2v) is 7.42. The van der Waals surface area contributed by atoms with Crippen LogP contribution in [0.15, 0.2) is 53.3 Å². The third kappa shape index (κ3) is 4.04. The van der Waals surface area contributed by atoms with E-state index < -0.39 is 5.60 Å². The van der Waals surface area contributed by atoms with Gasteiger partial charge in [0.15, 0.2) is 0 Å². The van der Waals surface area contributed by atoms with Crippen LogP contribution in [0.3, 0.4) is 0 Å². The van der Waals surface area contributed by atoms with E-state index in [0.717, 1.165) is 22.0 Å². The van der Waals surface area contributed by atoms with Gasteiger partial charge in [0, 0.05) is 50.8 Å². The highest BCUT2D eigenvalue weighted by atomic mass is 19.1. The monoisotopic (exact) mass is 397 g/mol. The van der Waals surface area contributed by atoms with Crippen molar-refractivity contribution in [3.05, 3.63) is 75.8 Å². The van der Waals surface area contributed by atoms with Crippen LogP contribution in [0.1, 0.15) is 37.0 Å². The summed E-state index contributed by atoms with van der Waals surface area (Å²) in [5.41, 5.74) is 1.77. The van der Waals surface area contributed by atoms with E-state index in [-0.39, 0.29) is 17.5 Å². The van der Waals surface area contributed by atoms with Gasteiger partial charge in [-0.3, -0.25) is 4.79 Å². The number of methoxy groups -OCH3 is 1. The number of nitrogens with one attached hydrogen (secondary N) is 1. The van der Waals surface area contributed by atoms with Crippen molar-refractivity contribution in [2.45, 2.75) is 31.5 Å². The molecule has 29 heavy (non-hydrogen) atoms. The first-order chi connectivity index (χ1) is 14.0. The molecule has 0 radical (unpaired) electrons. The Morgan fingerprint density at radius 2 is 1.90 bits per heavy atom. The fourth-order valence-corrected chi connectivity index (χ4v) is 3.90. The Labute approximate surface area is 168 Å². The number of ether oxygens (including phenoxy) is 3. The molecule has 1 aliphatic rings. The van der Waals surface area contributed by atoms with E-state index in [9.17, 15) is 9.18 Å². The van der Waals surface area contributed by atoms with Crippen LogP contribution in [0.2, 0.25) is 0 Å². The smallest absolute Gasteiger partial charge is 0.248 e. The predicted octanol–water partition coefficient (Wildman–Crippen LogP) is 4.46. The van der Waals surface area contributed by atoms with Crippen LogP contribution in [0, 0.1) is 5.82 Å². The molecule has 3 aromatic rings. The van der Waals surface area contributed by atoms with Crippen molar-refractivity contribution in [1.82, 2.24) is 4.98 Å². The molecule has 0 amide bonds. The molecule has 152 valence electrons. The van der Waals surface area contributed by atoms with Gasteiger partial charge in [0.2, 0.25) is 5.56 Å². The molecule has 5 nitrogen and oxygen atoms in total. The van der Waals surface area contributed by atoms with Gasteiger partial charge in [0.25, 0.3) is 0 Å². The summed E-state index contributed by atoms with van der Waals surface area (Å²) in [6.07, 6.45) is 1.05. The van der Waals surface area contributed by atoms with Gasteiger partial charge >= 0.3 is 0 Å². The zero-order valence-corrected chi connectivity index (χ0v) is 16.5. The van der Waals surface area contributed by atoms with Gasteiger partial charge in [0.1, 0.15) is 17.7 Å². The Balaban J connectivity index is 1.61. The zero-order valence-electron chi connectivity index (χ0n) is 16.5. The van der Waals surface area contributed by atoms with E-state index in [2.05, 4.69) is 4.98 Å². The van der Waals surface area contributed by atoms with Crippen LogP contribution in [0.5, 0.6) is 5.75 Å². The molecule has 1 aliphatic heterocycles. The normalized spacial score (nSPS) is 17.2. The Hall–Kier alpha value is -2.70. The van der Waals surface area contributed by atoms with Gasteiger partial charge in [-0.25, -0.2) is 4.39 Å². The maximum Gasteiger partial charge on any atom is 0.248 e. The summed E-state index contributed by atoms with van der Waals surface area (Å²) in [6, 6.07) is 13.7. The van der Waals surface area contributed by atoms with E-state index >= 15 is 0 Å². The Bertz CT molecular complexity index is 1070. The summed E-state index contributed by atoms with van der Waals surface area (Å²) in [5, 5.41) is 0.915. The summed E-state index contributed by atoms with van der Waals surface area (Å²) in [7, 11) is 1.65. The molecule has 1 atom stereocenters. The van der Waals surface area contributed by atoms with Crippen molar-refractivity contribution in [3.8, 4) is 5.75 Å². The van der Waals surface area contributed by atoms with Crippen molar-refractivity contribution >= 4 is 10.9 Å². The molecule has 2 aromatic carbocycles. The van der Waals surface area contributed by atoms with Crippen LogP contribution >= 0.6 is 0 Å². The first-order valence-corrected chi connectivity index (χ1v) is 9.73. The fraction of sp³-hybridized carbons (Fsp3) is 0.348. The van der Waals surface area contributed by atoms with Gasteiger partial charge in [-0.15, -0.1) is 0 Å². The maximum absolute atomic E-state index is 14.4. The highest BCUT2D eigenvalue weighted by molar-refractivity contribution is 5.79. The minimum atomic E-state index is -0.559. The third-order valence-corrected chi connectivity index (χ3v) is 5.62. The van der Waals surface area contributed by atoms with Gasteiger partial charge in [-0.05, 0) is 53.8 Å². The quantitative estimate of drug-likeness (QED) is 0.691. The number of hydrogen-bond donors (Lipinski definition) is 1. The lowest BCUT2D eigenvalue weighted by Gasteiger charge is -2.36. The molecule has 0 saturated carbocycles. The number of aromatic amines is 1. The minimum Gasteiger partial charge on any atom is -0.486 e. The SMILES string of the molecule is COC1(c2cc(F)cc(OC(C)c3ccc4[nH]c(=O)ccc4c3)c2)CCOCC1. The Morgan fingerprint density at radius 3 is 2.66 bits per heavy atom. The van der Waals surface area contributed by atoms with E-state index in [0.29, 0.717) is 31.8 Å². The number of halogens is 1. The maximum atomic E-state index is 14.4. The molecule has 1 fully saturated rings. The van der Waals surface area contributed by atoms with E-state index in [1.54, 1.807) is 13.2 Å². The van der Waals surface area contributed by atoms with Crippen LogP contribution < -0.4 is 10.3 Å². The molecule has 0 aliphatic carbocycles. The molecule has 0 spiro atoms. The van der Waals surface area contributed by atoms with E-state index in [1.807, 2.05) is 31.2 Å². The molecular formula is C23H24FNO4. The summed E-state index contributed by atoms with van der Waals surface area (Å²) in [6.45, 7) is 3.07. The fourth-order valence-electron chi connectivity index (χ4n) is 3.90. The number of pyridine rings is 1. The van der Waals surface area contributed by atoms with Crippen LogP contribution in [0.25, 0.3) is 10.9 Å². The lowest BCUT2D eigenvalue weighted by atomic mass is 9.86. The minimum absolute atomic E-state index is 0.137. The second kappa shape index (κ2) is 7.97. The molecule has 6 heteroatoms. The van der Waals surface area contributed by atoms with Gasteiger partial charge in [-0.2, -0.15) is 0 Å². The van der Waals surface area contributed by atoms with Crippen LogP contribution in [0.4, 0.5) is 4.39 Å². The van der Waals surface area contributed by atoms with Crippen molar-refractivity contribution in [2.75, 3.05) is 20.3 Å². The molecule has 1 saturated heterocycles. The summed E-state index contributed by atoms with van der Waals surface area (Å²) in [5.74, 6) is 0.0979. The number of hydrogen-bond acceptors (Lipinski definition) is 4. The van der Waals surface area contributed by atoms with Crippen LogP contribution in [-0.2, 0) is 15.1 Å². The summed E-state index contributed by atoms with van der Waals surface area (Å²) in [4.78, 5) is 14.3. The number of H-pyrrole nitrogens is 1. The zero-order chi connectivity index (χ0) is 20.4. The number of benzene rings is 2. The molecule has 4 rings (SSSR count). The van der Waals surface area contributed by atoms with Gasteiger partial charge in [-0.1, -0.05) is 6.07 Å². The number of aromatic nitrogens is 1. The average Bonchev–Trinajstić information content (AvgIpc) is 2.73. The first kappa shape index (κ1) is 19.6. The number of rotatable bonds is 5. The Morgan fingerprint density at radius 1 is 1.10 bits per heavy atom. The van der Waals surface area contributed by atoms with Crippen LogP contribution in [-0.4, -0.2) is 25.3 Å². The molecule has 2 heterocycles. The molecule has 1 N–H and O–H groups in total. The topological polar surface area (TPSA) is 60.5 Å². The third-order valence-electron chi connectivity index (χ3n) is 5.62. The summed E-state index contributed by atoms with van der Waals surface area (Å²) >= 11 is 0. The molecule has 0 bridgehead atoms. The molecule has 1 aromatic heterocycles. The van der Waals surface area contributed by atoms with Crippen molar-refractivity contribution in [3.63, 3.8) is 0 Å². The summed E-state index contributed by atoms with van der Waals surface area (Å²) < 4.78 is 31.7. The standard InChI is InChI=1S/C23H24FNO4/c1-15(16-3-5-21-17(11-16)4-6-22(26)25-21)29-20-13-18(12-19(24)14-20)23(27-2)7-9-28-10-8-23/h3-6,11-15H,7-10H2,1-2H3,(H,25,26). The highest BCUT2D eigenvalue weighted by Crippen LogP contribution is 2.38. The molecular weight excluding hydrogens is 373 g/mol. The first-order valence-electron chi connectivity index (χ1n) is 9.73. The predicted molar refractivity (Wildman–Crippen MR) is 109 cm³/mol. The van der Waals surface area contributed by atoms with Crippen molar-refractivity contribution in [2.24, 2.45) is 0 Å². The Kier molecular flexibility index (Phi) is 5.39.